The van der Waals surface area contributed by atoms with Gasteiger partial charge in [-0.1, -0.05) is 0 Å². The van der Waals surface area contributed by atoms with Crippen molar-refractivity contribution in [1.29, 1.82) is 0 Å². The number of rotatable bonds is 0. The highest BCUT2D eigenvalue weighted by atomic mass is 14.9. The van der Waals surface area contributed by atoms with E-state index < -0.39 is 0 Å². The van der Waals surface area contributed by atoms with E-state index in [2.05, 4.69) is 89.7 Å². The number of hydrogen-bond acceptors (Lipinski definition) is 18. The Balaban J connectivity index is 0.000000484. The van der Waals surface area contributed by atoms with E-state index in [1.165, 1.54) is 0 Å². The Morgan fingerprint density at radius 1 is 0.116 bits per heavy atom. The summed E-state index contributed by atoms with van der Waals surface area (Å²) in [6, 6.07) is 0. The molecule has 18 nitrogen and oxygen atoms in total. The first-order valence-electron chi connectivity index (χ1n) is 28.8. The third-order valence-electron chi connectivity index (χ3n) is 13.8. The molecule has 462 valence electrons. The van der Waals surface area contributed by atoms with E-state index in [9.17, 15) is 0 Å². The van der Waals surface area contributed by atoms with Crippen LogP contribution in [0.1, 0.15) is 182 Å². The van der Waals surface area contributed by atoms with Crippen LogP contribution in [0.15, 0.2) is 24.8 Å². The minimum Gasteiger partial charge on any atom is -0.258 e. The summed E-state index contributed by atoms with van der Waals surface area (Å²) in [5, 5.41) is 0. The first-order chi connectivity index (χ1) is 39.8. The monoisotopic (exact) mass is 1170 g/mol. The van der Waals surface area contributed by atoms with E-state index in [0.717, 1.165) is 182 Å². The molecule has 0 aliphatic carbocycles. The van der Waals surface area contributed by atoms with Gasteiger partial charge in [-0.05, 0) is 222 Å². The van der Waals surface area contributed by atoms with Gasteiger partial charge in [0, 0.05) is 24.8 Å². The molecule has 86 heavy (non-hydrogen) atoms. The SMILES string of the molecule is Cc1cnc(C)c(C)n1.Cc1cnc(C)c(C)n1.Cc1cnc(C)c(C)n1.Cc1cnc(C)c(C)n1.Cc1nc(C)c(C)nc1C.Cc1nc(C)c(C)nc1C.Cc1nc(C)c(C)nc1C.Cc1nc(C)c(C)nc1C.Cc1nc(C)c(C)nc1C. The average molecular weight is 1170 g/mol. The van der Waals surface area contributed by atoms with Gasteiger partial charge in [-0.2, -0.15) is 0 Å². The molecule has 9 aromatic heterocycles. The molecule has 18 heteroatoms. The number of aryl methyl sites for hydroxylation is 32. The summed E-state index contributed by atoms with van der Waals surface area (Å²) in [6.07, 6.45) is 7.12. The Labute approximate surface area is 516 Å². The van der Waals surface area contributed by atoms with Crippen LogP contribution in [-0.2, 0) is 0 Å². The molecule has 0 aromatic carbocycles. The average Bonchev–Trinajstić information content (AvgIpc) is 3.60. The molecular weight excluding hydrogens is 1070 g/mol. The second-order valence-corrected chi connectivity index (χ2v) is 21.6. The molecule has 0 N–H and O–H groups in total. The van der Waals surface area contributed by atoms with Crippen molar-refractivity contribution in [3.05, 3.63) is 207 Å². The molecular formula is C68H100N18. The normalized spacial score (nSPS) is 9.86. The van der Waals surface area contributed by atoms with Gasteiger partial charge in [0.25, 0.3) is 0 Å². The molecule has 0 unspecified atom stereocenters. The zero-order chi connectivity index (χ0) is 66.0. The van der Waals surface area contributed by atoms with Crippen LogP contribution in [0.4, 0.5) is 0 Å². The topological polar surface area (TPSA) is 232 Å². The Bertz CT molecular complexity index is 2880. The lowest BCUT2D eigenvalue weighted by atomic mass is 10.3. The molecule has 0 saturated carbocycles. The molecule has 0 atom stereocenters. The predicted octanol–water partition coefficient (Wildman–Crippen LogP) is 14.2. The maximum atomic E-state index is 4.31. The zero-order valence-electron chi connectivity index (χ0n) is 58.4. The van der Waals surface area contributed by atoms with Gasteiger partial charge in [0.05, 0.1) is 182 Å². The number of hydrogen-bond donors (Lipinski definition) is 0. The summed E-state index contributed by atoms with van der Waals surface area (Å²) in [6.45, 7) is 63.1. The van der Waals surface area contributed by atoms with E-state index in [4.69, 9.17) is 0 Å². The fourth-order valence-electron chi connectivity index (χ4n) is 6.77. The van der Waals surface area contributed by atoms with Gasteiger partial charge in [0.2, 0.25) is 0 Å². The third kappa shape index (κ3) is 27.6. The van der Waals surface area contributed by atoms with Gasteiger partial charge in [-0.25, -0.2) is 0 Å². The van der Waals surface area contributed by atoms with Crippen LogP contribution in [0.3, 0.4) is 0 Å². The maximum absolute atomic E-state index is 4.31. The third-order valence-corrected chi connectivity index (χ3v) is 13.8. The standard InChI is InChI=1S/5C8H12N2.4C7H10N2/c5*1-5-6(2)10-8(4)7(3)9-5;4*1-5-4-8-6(2)7(3)9-5/h5*1-4H3;4*4H,1-3H3. The van der Waals surface area contributed by atoms with Gasteiger partial charge in [-0.15, -0.1) is 0 Å². The van der Waals surface area contributed by atoms with Crippen LogP contribution < -0.4 is 0 Å². The van der Waals surface area contributed by atoms with Gasteiger partial charge in [0.15, 0.2) is 0 Å². The quantitative estimate of drug-likeness (QED) is 0.137. The highest BCUT2D eigenvalue weighted by Gasteiger charge is 2.03. The summed E-state index contributed by atoms with van der Waals surface area (Å²) in [4.78, 5) is 76.4. The molecule has 0 fully saturated rings. The van der Waals surface area contributed by atoms with Crippen molar-refractivity contribution in [2.24, 2.45) is 0 Å². The molecule has 9 aromatic rings. The predicted molar refractivity (Wildman–Crippen MR) is 350 cm³/mol. The smallest absolute Gasteiger partial charge is 0.0588 e. The maximum Gasteiger partial charge on any atom is 0.0588 e. The lowest BCUT2D eigenvalue weighted by molar-refractivity contribution is 0.959. The van der Waals surface area contributed by atoms with Crippen molar-refractivity contribution >= 4 is 0 Å². The largest absolute Gasteiger partial charge is 0.258 e. The number of nitrogens with zero attached hydrogens (tertiary/aromatic N) is 18. The first kappa shape index (κ1) is 75.7. The molecule has 0 aliphatic heterocycles. The van der Waals surface area contributed by atoms with Gasteiger partial charge in [0.1, 0.15) is 0 Å². The first-order valence-corrected chi connectivity index (χ1v) is 28.8. The van der Waals surface area contributed by atoms with Gasteiger partial charge in [-0.3, -0.25) is 89.7 Å². The van der Waals surface area contributed by atoms with Crippen LogP contribution in [0.25, 0.3) is 0 Å². The number of aromatic nitrogens is 18. The Morgan fingerprint density at radius 2 is 0.198 bits per heavy atom. The van der Waals surface area contributed by atoms with Crippen molar-refractivity contribution in [3.8, 4) is 0 Å². The van der Waals surface area contributed by atoms with Crippen LogP contribution in [0.5, 0.6) is 0 Å². The Morgan fingerprint density at radius 3 is 0.267 bits per heavy atom. The molecule has 0 amide bonds. The second kappa shape index (κ2) is 36.5. The van der Waals surface area contributed by atoms with Gasteiger partial charge >= 0.3 is 0 Å². The molecule has 0 radical (unpaired) electrons. The summed E-state index contributed by atoms with van der Waals surface area (Å²) in [5.41, 5.74) is 32.7. The zero-order valence-corrected chi connectivity index (χ0v) is 58.4. The van der Waals surface area contributed by atoms with Crippen molar-refractivity contribution in [2.45, 2.75) is 222 Å². The minimum atomic E-state index is 0.984. The Hall–Kier alpha value is -8.28. The van der Waals surface area contributed by atoms with E-state index in [1.807, 2.05) is 222 Å². The molecule has 0 aliphatic rings. The van der Waals surface area contributed by atoms with Crippen molar-refractivity contribution in [3.63, 3.8) is 0 Å². The molecule has 9 rings (SSSR count). The van der Waals surface area contributed by atoms with E-state index in [-0.39, 0.29) is 0 Å². The van der Waals surface area contributed by atoms with Crippen LogP contribution in [0, 0.1) is 222 Å². The highest BCUT2D eigenvalue weighted by molar-refractivity contribution is 5.20. The van der Waals surface area contributed by atoms with Crippen molar-refractivity contribution in [2.75, 3.05) is 0 Å². The van der Waals surface area contributed by atoms with Crippen LogP contribution >= 0.6 is 0 Å². The van der Waals surface area contributed by atoms with Gasteiger partial charge < -0.3 is 0 Å². The molecule has 0 bridgehead atoms. The van der Waals surface area contributed by atoms with E-state index in [0.29, 0.717) is 0 Å². The summed E-state index contributed by atoms with van der Waals surface area (Å²) in [7, 11) is 0. The van der Waals surface area contributed by atoms with Crippen molar-refractivity contribution in [1.82, 2.24) is 89.7 Å². The molecule has 0 spiro atoms. The fourth-order valence-corrected chi connectivity index (χ4v) is 6.77. The van der Waals surface area contributed by atoms with Crippen LogP contribution in [0.2, 0.25) is 0 Å². The lowest BCUT2D eigenvalue weighted by Crippen LogP contribution is -1.97. The second-order valence-electron chi connectivity index (χ2n) is 21.6. The van der Waals surface area contributed by atoms with E-state index in [1.54, 1.807) is 24.8 Å². The van der Waals surface area contributed by atoms with E-state index >= 15 is 0 Å². The summed E-state index contributed by atoms with van der Waals surface area (Å²) < 4.78 is 0. The van der Waals surface area contributed by atoms with Crippen molar-refractivity contribution < 1.29 is 0 Å². The Kier molecular flexibility index (Phi) is 32.2. The molecule has 0 saturated heterocycles. The fraction of sp³-hybridized carbons (Fsp3) is 0.471. The highest BCUT2D eigenvalue weighted by Crippen LogP contribution is 2.09. The lowest BCUT2D eigenvalue weighted by Gasteiger charge is -2.01. The summed E-state index contributed by atoms with van der Waals surface area (Å²) in [5.74, 6) is 0. The molecule has 9 heterocycles. The van der Waals surface area contributed by atoms with Crippen LogP contribution in [-0.4, -0.2) is 89.7 Å². The minimum absolute atomic E-state index is 0.984. The summed E-state index contributed by atoms with van der Waals surface area (Å²) >= 11 is 0.